The van der Waals surface area contributed by atoms with E-state index in [1.165, 1.54) is 5.01 Å². The van der Waals surface area contributed by atoms with E-state index >= 15 is 0 Å². The van der Waals surface area contributed by atoms with Gasteiger partial charge in [-0.2, -0.15) is 5.10 Å². The molecule has 0 fully saturated rings. The summed E-state index contributed by atoms with van der Waals surface area (Å²) in [5.41, 5.74) is 3.73. The number of pyridine rings is 1. The Morgan fingerprint density at radius 3 is 2.38 bits per heavy atom. The van der Waals surface area contributed by atoms with Crippen LogP contribution in [0.15, 0.2) is 87.2 Å². The summed E-state index contributed by atoms with van der Waals surface area (Å²) < 4.78 is 4.91. The van der Waals surface area contributed by atoms with Gasteiger partial charge >= 0.3 is 0 Å². The van der Waals surface area contributed by atoms with Crippen LogP contribution < -0.4 is 5.56 Å². The fourth-order valence-electron chi connectivity index (χ4n) is 4.98. The van der Waals surface area contributed by atoms with Gasteiger partial charge in [0.2, 0.25) is 5.91 Å². The number of benzene rings is 3. The molecule has 40 heavy (non-hydrogen) atoms. The zero-order valence-electron chi connectivity index (χ0n) is 20.9. The number of carbonyl (C=O) groups is 1. The van der Waals surface area contributed by atoms with Gasteiger partial charge in [-0.25, -0.2) is 5.01 Å². The van der Waals surface area contributed by atoms with Crippen molar-refractivity contribution in [2.24, 2.45) is 5.10 Å². The van der Waals surface area contributed by atoms with E-state index in [4.69, 9.17) is 45.0 Å². The van der Waals surface area contributed by atoms with Crippen LogP contribution in [0, 0.1) is 4.84 Å². The van der Waals surface area contributed by atoms with Crippen molar-refractivity contribution in [3.63, 3.8) is 0 Å². The van der Waals surface area contributed by atoms with Crippen LogP contribution in [-0.4, -0.2) is 31.8 Å². The fraction of sp³-hybridized carbons (Fsp3) is 0.138. The summed E-state index contributed by atoms with van der Waals surface area (Å²) in [5, 5.41) is 12.1. The van der Waals surface area contributed by atoms with E-state index in [0.717, 1.165) is 22.1 Å². The number of hydrazone groups is 1. The molecule has 1 atom stereocenters. The largest absolute Gasteiger partial charge is 0.324 e. The van der Waals surface area contributed by atoms with Gasteiger partial charge in [-0.1, -0.05) is 70.8 Å². The lowest BCUT2D eigenvalue weighted by molar-refractivity contribution is -0.133. The number of para-hydroxylation sites is 1. The van der Waals surface area contributed by atoms with Crippen molar-refractivity contribution in [3.8, 4) is 11.1 Å². The van der Waals surface area contributed by atoms with E-state index in [9.17, 15) is 9.59 Å². The molecular weight excluding hydrogens is 569 g/mol. The number of hydrogen-bond donors (Lipinski definition) is 2. The summed E-state index contributed by atoms with van der Waals surface area (Å²) in [6.45, 7) is 0. The Morgan fingerprint density at radius 2 is 1.68 bits per heavy atom. The number of carbonyl (C=O) groups excluding carboxylic acids is 1. The van der Waals surface area contributed by atoms with Crippen molar-refractivity contribution in [1.82, 2.24) is 20.1 Å². The lowest BCUT2D eigenvalue weighted by atomic mass is 9.91. The summed E-state index contributed by atoms with van der Waals surface area (Å²) in [6.07, 6.45) is 0.735. The van der Waals surface area contributed by atoms with E-state index in [1.54, 1.807) is 24.3 Å². The molecule has 2 N–H and O–H groups in total. The lowest BCUT2D eigenvalue weighted by Gasteiger charge is -2.22. The van der Waals surface area contributed by atoms with Gasteiger partial charge in [0.15, 0.2) is 5.82 Å². The Balaban J connectivity index is 1.47. The average Bonchev–Trinajstić information content (AvgIpc) is 3.58. The van der Waals surface area contributed by atoms with Crippen molar-refractivity contribution in [3.05, 3.63) is 115 Å². The maximum absolute atomic E-state index is 13.6. The third-order valence-electron chi connectivity index (χ3n) is 6.82. The van der Waals surface area contributed by atoms with Crippen LogP contribution in [0.2, 0.25) is 10.0 Å². The molecule has 11 heteroatoms. The Kier molecular flexibility index (Phi) is 7.10. The van der Waals surface area contributed by atoms with Crippen molar-refractivity contribution in [1.29, 1.82) is 0 Å². The van der Waals surface area contributed by atoms with Crippen molar-refractivity contribution < 1.29 is 9.32 Å². The second-order valence-electron chi connectivity index (χ2n) is 9.35. The molecule has 0 spiro atoms. The molecular formula is C29H21Cl2N5O3S. The van der Waals surface area contributed by atoms with Crippen LogP contribution in [0.5, 0.6) is 0 Å². The van der Waals surface area contributed by atoms with Gasteiger partial charge in [0.05, 0.1) is 17.3 Å². The van der Waals surface area contributed by atoms with E-state index in [2.05, 4.69) is 15.1 Å². The summed E-state index contributed by atoms with van der Waals surface area (Å²) in [4.78, 5) is 33.1. The minimum Gasteiger partial charge on any atom is -0.324 e. The highest BCUT2D eigenvalue weighted by Crippen LogP contribution is 2.37. The molecule has 0 aliphatic carbocycles. The number of H-pyrrole nitrogens is 2. The Bertz CT molecular complexity index is 1880. The third-order valence-corrected chi connectivity index (χ3v) is 7.51. The monoisotopic (exact) mass is 589 g/mol. The summed E-state index contributed by atoms with van der Waals surface area (Å²) in [5.74, 6) is 0.239. The van der Waals surface area contributed by atoms with Gasteiger partial charge in [-0.3, -0.25) is 14.6 Å². The first kappa shape index (κ1) is 26.2. The van der Waals surface area contributed by atoms with Crippen LogP contribution in [0.25, 0.3) is 22.0 Å². The molecule has 200 valence electrons. The number of hydrogen-bond acceptors (Lipinski definition) is 6. The average molecular weight is 590 g/mol. The SMILES string of the molecule is O=C(CCc1noc(=S)[nH]1)N1N=C(c2c(-c3ccc(Cl)cc3)c3ccccc3[nH]c2=O)CC1c1ccc(Cl)cc1. The van der Waals surface area contributed by atoms with Crippen LogP contribution in [-0.2, 0) is 11.2 Å². The number of aromatic amines is 2. The second-order valence-corrected chi connectivity index (χ2v) is 10.6. The minimum absolute atomic E-state index is 0.108. The van der Waals surface area contributed by atoms with Gasteiger partial charge in [-0.05, 0) is 53.7 Å². The Morgan fingerprint density at radius 1 is 0.975 bits per heavy atom. The van der Waals surface area contributed by atoms with E-state index in [1.807, 2.05) is 48.5 Å². The van der Waals surface area contributed by atoms with Crippen molar-refractivity contribution in [2.45, 2.75) is 25.3 Å². The Hall–Kier alpha value is -4.05. The van der Waals surface area contributed by atoms with Gasteiger partial charge in [0, 0.05) is 45.8 Å². The summed E-state index contributed by atoms with van der Waals surface area (Å²) in [6, 6.07) is 21.8. The van der Waals surface area contributed by atoms with Crippen LogP contribution >= 0.6 is 35.4 Å². The zero-order valence-corrected chi connectivity index (χ0v) is 23.2. The van der Waals surface area contributed by atoms with Crippen LogP contribution in [0.4, 0.5) is 0 Å². The molecule has 1 aliphatic rings. The maximum atomic E-state index is 13.6. The molecule has 0 saturated carbocycles. The van der Waals surface area contributed by atoms with Crippen molar-refractivity contribution in [2.75, 3.05) is 0 Å². The summed E-state index contributed by atoms with van der Waals surface area (Å²) >= 11 is 17.3. The molecule has 3 aromatic carbocycles. The highest BCUT2D eigenvalue weighted by Gasteiger charge is 2.35. The smallest absolute Gasteiger partial charge is 0.294 e. The first-order valence-corrected chi connectivity index (χ1v) is 13.6. The van der Waals surface area contributed by atoms with Gasteiger partial charge < -0.3 is 9.51 Å². The quantitative estimate of drug-likeness (QED) is 0.210. The van der Waals surface area contributed by atoms with E-state index in [-0.39, 0.29) is 22.7 Å². The number of nitrogens with one attached hydrogen (secondary N) is 2. The highest BCUT2D eigenvalue weighted by atomic mass is 35.5. The molecule has 1 aliphatic heterocycles. The van der Waals surface area contributed by atoms with Crippen LogP contribution in [0.3, 0.4) is 0 Å². The predicted molar refractivity (Wildman–Crippen MR) is 157 cm³/mol. The predicted octanol–water partition coefficient (Wildman–Crippen LogP) is 6.86. The summed E-state index contributed by atoms with van der Waals surface area (Å²) in [7, 11) is 0. The molecule has 1 amide bonds. The maximum Gasteiger partial charge on any atom is 0.294 e. The molecule has 5 aromatic rings. The number of amides is 1. The molecule has 1 unspecified atom stereocenters. The van der Waals surface area contributed by atoms with Crippen LogP contribution in [0.1, 0.15) is 35.8 Å². The number of aryl methyl sites for hydroxylation is 1. The minimum atomic E-state index is -0.431. The molecule has 0 saturated heterocycles. The first-order chi connectivity index (χ1) is 19.4. The van der Waals surface area contributed by atoms with Gasteiger partial charge in [-0.15, -0.1) is 0 Å². The topological polar surface area (TPSA) is 107 Å². The molecule has 3 heterocycles. The molecule has 0 bridgehead atoms. The number of halogens is 2. The number of aromatic nitrogens is 3. The standard InChI is InChI=1S/C29H21Cl2N5O3S/c30-18-9-5-16(6-10-18)23-15-22(34-36(23)25(37)14-13-24-33-29(40)39-35-24)27-26(17-7-11-19(31)12-8-17)20-3-1-2-4-21(20)32-28(27)38/h1-12,23H,13-15H2,(H,32,38)(H,33,35,40). The number of rotatable bonds is 6. The van der Waals surface area contributed by atoms with E-state index < -0.39 is 6.04 Å². The highest BCUT2D eigenvalue weighted by molar-refractivity contribution is 7.71. The third kappa shape index (κ3) is 5.11. The van der Waals surface area contributed by atoms with Crippen molar-refractivity contribution >= 4 is 57.9 Å². The number of nitrogens with zero attached hydrogens (tertiary/aromatic N) is 3. The first-order valence-electron chi connectivity index (χ1n) is 12.5. The zero-order chi connectivity index (χ0) is 27.8. The van der Waals surface area contributed by atoms with Gasteiger partial charge in [0.25, 0.3) is 10.4 Å². The molecule has 2 aromatic heterocycles. The number of fused-ring (bicyclic) bond motifs is 1. The molecule has 6 rings (SSSR count). The molecule has 8 nitrogen and oxygen atoms in total. The second kappa shape index (κ2) is 10.8. The fourth-order valence-corrected chi connectivity index (χ4v) is 5.39. The Labute approximate surface area is 243 Å². The van der Waals surface area contributed by atoms with E-state index in [0.29, 0.717) is 45.5 Å². The normalized spacial score (nSPS) is 15.0. The molecule has 0 radical (unpaired) electrons. The lowest BCUT2D eigenvalue weighted by Crippen LogP contribution is -2.27. The van der Waals surface area contributed by atoms with Gasteiger partial charge in [0.1, 0.15) is 0 Å².